The van der Waals surface area contributed by atoms with Crippen LogP contribution in [-0.4, -0.2) is 28.3 Å². The molecule has 0 spiro atoms. The number of carbonyl (C=O) groups excluding carboxylic acids is 2. The highest BCUT2D eigenvalue weighted by atomic mass is 16.5. The Bertz CT molecular complexity index is 621. The molecule has 0 aliphatic heterocycles. The van der Waals surface area contributed by atoms with Gasteiger partial charge in [0.15, 0.2) is 12.3 Å². The molecule has 2 rings (SSSR count). The van der Waals surface area contributed by atoms with Crippen LogP contribution in [0.25, 0.3) is 5.69 Å². The van der Waals surface area contributed by atoms with Gasteiger partial charge in [-0.1, -0.05) is 6.07 Å². The first-order valence-corrected chi connectivity index (χ1v) is 5.43. The van der Waals surface area contributed by atoms with Gasteiger partial charge >= 0.3 is 5.97 Å². The fraction of sp³-hybridized carbons (Fsp3) is 0.0833. The zero-order valence-corrected chi connectivity index (χ0v) is 9.95. The van der Waals surface area contributed by atoms with E-state index < -0.39 is 18.5 Å². The first kappa shape index (κ1) is 12.6. The van der Waals surface area contributed by atoms with Crippen molar-refractivity contribution in [2.45, 2.75) is 0 Å². The standard InChI is InChI=1S/C12H12N4O3/c13-8-2-1-3-9(6-8)16-5-4-10(15-16)12(18)19-7-11(14)17/h1-6H,7,13H2,(H2,14,17). The van der Waals surface area contributed by atoms with Gasteiger partial charge in [0, 0.05) is 11.9 Å². The molecule has 19 heavy (non-hydrogen) atoms. The Morgan fingerprint density at radius 3 is 2.79 bits per heavy atom. The van der Waals surface area contributed by atoms with E-state index in [1.54, 1.807) is 30.5 Å². The molecular formula is C12H12N4O3. The van der Waals surface area contributed by atoms with E-state index >= 15 is 0 Å². The molecule has 0 radical (unpaired) electrons. The van der Waals surface area contributed by atoms with Gasteiger partial charge in [0.1, 0.15) is 0 Å². The van der Waals surface area contributed by atoms with Gasteiger partial charge in [0.25, 0.3) is 5.91 Å². The monoisotopic (exact) mass is 260 g/mol. The first-order valence-electron chi connectivity index (χ1n) is 5.43. The molecule has 0 saturated carbocycles. The number of ether oxygens (including phenoxy) is 1. The summed E-state index contributed by atoms with van der Waals surface area (Å²) >= 11 is 0. The minimum Gasteiger partial charge on any atom is -0.451 e. The molecule has 0 aliphatic carbocycles. The Morgan fingerprint density at radius 1 is 1.32 bits per heavy atom. The second-order valence-corrected chi connectivity index (χ2v) is 3.78. The van der Waals surface area contributed by atoms with Crippen molar-refractivity contribution in [3.8, 4) is 5.69 Å². The van der Waals surface area contributed by atoms with Crippen LogP contribution in [0.3, 0.4) is 0 Å². The molecular weight excluding hydrogens is 248 g/mol. The Balaban J connectivity index is 2.15. The number of hydrogen-bond donors (Lipinski definition) is 2. The minimum absolute atomic E-state index is 0.0867. The van der Waals surface area contributed by atoms with E-state index in [4.69, 9.17) is 11.5 Å². The van der Waals surface area contributed by atoms with E-state index in [2.05, 4.69) is 9.84 Å². The number of hydrogen-bond acceptors (Lipinski definition) is 5. The third kappa shape index (κ3) is 3.09. The Labute approximate surface area is 108 Å². The van der Waals surface area contributed by atoms with Gasteiger partial charge in [-0.15, -0.1) is 0 Å². The smallest absolute Gasteiger partial charge is 0.359 e. The fourth-order valence-electron chi connectivity index (χ4n) is 1.45. The van der Waals surface area contributed by atoms with Crippen molar-refractivity contribution in [1.29, 1.82) is 0 Å². The average molecular weight is 260 g/mol. The van der Waals surface area contributed by atoms with Crippen molar-refractivity contribution < 1.29 is 14.3 Å². The Morgan fingerprint density at radius 2 is 2.11 bits per heavy atom. The molecule has 98 valence electrons. The molecule has 1 heterocycles. The van der Waals surface area contributed by atoms with Gasteiger partial charge in [-0.25, -0.2) is 9.48 Å². The summed E-state index contributed by atoms with van der Waals surface area (Å²) in [4.78, 5) is 22.0. The molecule has 2 aromatic rings. The molecule has 0 atom stereocenters. The van der Waals surface area contributed by atoms with E-state index in [0.717, 1.165) is 0 Å². The lowest BCUT2D eigenvalue weighted by molar-refractivity contribution is -0.121. The summed E-state index contributed by atoms with van der Waals surface area (Å²) in [7, 11) is 0. The topological polar surface area (TPSA) is 113 Å². The van der Waals surface area contributed by atoms with E-state index in [9.17, 15) is 9.59 Å². The maximum Gasteiger partial charge on any atom is 0.359 e. The maximum atomic E-state index is 11.5. The van der Waals surface area contributed by atoms with Crippen molar-refractivity contribution in [3.63, 3.8) is 0 Å². The summed E-state index contributed by atoms with van der Waals surface area (Å²) < 4.78 is 6.13. The largest absolute Gasteiger partial charge is 0.451 e. The number of nitrogens with two attached hydrogens (primary N) is 2. The summed E-state index contributed by atoms with van der Waals surface area (Å²) in [6.45, 7) is -0.468. The van der Waals surface area contributed by atoms with Crippen LogP contribution in [0.15, 0.2) is 36.5 Å². The molecule has 1 aromatic carbocycles. The number of rotatable bonds is 4. The van der Waals surface area contributed by atoms with Crippen molar-refractivity contribution in [2.24, 2.45) is 5.73 Å². The lowest BCUT2D eigenvalue weighted by Gasteiger charge is -2.02. The lowest BCUT2D eigenvalue weighted by atomic mass is 10.3. The lowest BCUT2D eigenvalue weighted by Crippen LogP contribution is -2.21. The van der Waals surface area contributed by atoms with Gasteiger partial charge in [-0.05, 0) is 24.3 Å². The van der Waals surface area contributed by atoms with E-state index in [0.29, 0.717) is 11.4 Å². The number of anilines is 1. The summed E-state index contributed by atoms with van der Waals surface area (Å²) in [6, 6.07) is 8.51. The molecule has 7 heteroatoms. The van der Waals surface area contributed by atoms with Gasteiger partial charge in [-0.2, -0.15) is 5.10 Å². The third-order valence-electron chi connectivity index (χ3n) is 2.28. The highest BCUT2D eigenvalue weighted by molar-refractivity contribution is 5.89. The number of nitrogen functional groups attached to an aromatic ring is 1. The fourth-order valence-corrected chi connectivity index (χ4v) is 1.45. The zero-order valence-electron chi connectivity index (χ0n) is 9.95. The van der Waals surface area contributed by atoms with Crippen LogP contribution < -0.4 is 11.5 Å². The number of carbonyl (C=O) groups is 2. The Hall–Kier alpha value is -2.83. The van der Waals surface area contributed by atoms with Crippen LogP contribution in [0.2, 0.25) is 0 Å². The predicted molar refractivity (Wildman–Crippen MR) is 67.5 cm³/mol. The highest BCUT2D eigenvalue weighted by Gasteiger charge is 2.12. The summed E-state index contributed by atoms with van der Waals surface area (Å²) in [5.74, 6) is -1.43. The predicted octanol–water partition coefficient (Wildman–Crippen LogP) is 0.0966. The van der Waals surface area contributed by atoms with Gasteiger partial charge in [0.2, 0.25) is 0 Å². The number of benzene rings is 1. The normalized spacial score (nSPS) is 10.1. The van der Waals surface area contributed by atoms with Crippen molar-refractivity contribution in [1.82, 2.24) is 9.78 Å². The van der Waals surface area contributed by atoms with Crippen molar-refractivity contribution in [3.05, 3.63) is 42.2 Å². The molecule has 0 saturated heterocycles. The second-order valence-electron chi connectivity index (χ2n) is 3.78. The SMILES string of the molecule is NC(=O)COC(=O)c1ccn(-c2cccc(N)c2)n1. The van der Waals surface area contributed by atoms with Gasteiger partial charge < -0.3 is 16.2 Å². The van der Waals surface area contributed by atoms with E-state index in [-0.39, 0.29) is 5.69 Å². The molecule has 1 amide bonds. The van der Waals surface area contributed by atoms with Gasteiger partial charge in [0.05, 0.1) is 5.69 Å². The summed E-state index contributed by atoms with van der Waals surface area (Å²) in [5, 5.41) is 4.03. The van der Waals surface area contributed by atoms with Crippen LogP contribution >= 0.6 is 0 Å². The van der Waals surface area contributed by atoms with Crippen LogP contribution in [0.5, 0.6) is 0 Å². The molecule has 4 N–H and O–H groups in total. The van der Waals surface area contributed by atoms with Gasteiger partial charge in [-0.3, -0.25) is 4.79 Å². The van der Waals surface area contributed by atoms with E-state index in [1.807, 2.05) is 0 Å². The molecule has 7 nitrogen and oxygen atoms in total. The highest BCUT2D eigenvalue weighted by Crippen LogP contribution is 2.11. The first-order chi connectivity index (χ1) is 9.06. The minimum atomic E-state index is -0.719. The summed E-state index contributed by atoms with van der Waals surface area (Å²) in [5.41, 5.74) is 11.9. The Kier molecular flexibility index (Phi) is 3.46. The molecule has 1 aromatic heterocycles. The third-order valence-corrected chi connectivity index (χ3v) is 2.28. The van der Waals surface area contributed by atoms with Crippen LogP contribution in [0.4, 0.5) is 5.69 Å². The number of primary amides is 1. The number of aromatic nitrogens is 2. The number of amides is 1. The molecule has 0 aliphatic rings. The number of esters is 1. The molecule has 0 unspecified atom stereocenters. The number of nitrogens with zero attached hydrogens (tertiary/aromatic N) is 2. The van der Waals surface area contributed by atoms with Crippen molar-refractivity contribution in [2.75, 3.05) is 12.3 Å². The molecule has 0 fully saturated rings. The van der Waals surface area contributed by atoms with Crippen molar-refractivity contribution >= 4 is 17.6 Å². The maximum absolute atomic E-state index is 11.5. The quantitative estimate of drug-likeness (QED) is 0.597. The van der Waals surface area contributed by atoms with E-state index in [1.165, 1.54) is 10.7 Å². The average Bonchev–Trinajstić information content (AvgIpc) is 2.85. The zero-order chi connectivity index (χ0) is 13.8. The molecule has 0 bridgehead atoms. The second kappa shape index (κ2) is 5.21. The summed E-state index contributed by atoms with van der Waals surface area (Å²) in [6.07, 6.45) is 1.59. The van der Waals surface area contributed by atoms with Crippen LogP contribution in [0.1, 0.15) is 10.5 Å². The van der Waals surface area contributed by atoms with Crippen LogP contribution in [0, 0.1) is 0 Å². The van der Waals surface area contributed by atoms with Crippen LogP contribution in [-0.2, 0) is 9.53 Å².